The summed E-state index contributed by atoms with van der Waals surface area (Å²) in [5.41, 5.74) is 0.850. The first-order valence-corrected chi connectivity index (χ1v) is 7.04. The molecule has 0 radical (unpaired) electrons. The number of alkyl halides is 3. The molecule has 0 spiro atoms. The van der Waals surface area contributed by atoms with Gasteiger partial charge in [0.25, 0.3) is 0 Å². The third kappa shape index (κ3) is 2.78. The average Bonchev–Trinajstić information content (AvgIpc) is 2.76. The van der Waals surface area contributed by atoms with Crippen LogP contribution in [-0.4, -0.2) is 35.6 Å². The first-order chi connectivity index (χ1) is 9.97. The van der Waals surface area contributed by atoms with Gasteiger partial charge in [-0.3, -0.25) is 4.90 Å². The SMILES string of the molecule is Cn1cc(CN2CCNCC2)c2c(C(F)(F)F)cccc21. The van der Waals surface area contributed by atoms with Crippen molar-refractivity contribution in [1.82, 2.24) is 14.8 Å². The Bertz CT molecular complexity index is 639. The summed E-state index contributed by atoms with van der Waals surface area (Å²) < 4.78 is 41.5. The van der Waals surface area contributed by atoms with Gasteiger partial charge in [-0.2, -0.15) is 13.2 Å². The zero-order chi connectivity index (χ0) is 15.0. The molecule has 1 N–H and O–H groups in total. The third-order valence-corrected chi connectivity index (χ3v) is 4.00. The summed E-state index contributed by atoms with van der Waals surface area (Å²) in [5.74, 6) is 0. The summed E-state index contributed by atoms with van der Waals surface area (Å²) in [6.07, 6.45) is -2.50. The lowest BCUT2D eigenvalue weighted by Crippen LogP contribution is -2.42. The fourth-order valence-corrected chi connectivity index (χ4v) is 3.01. The Balaban J connectivity index is 2.05. The minimum absolute atomic E-state index is 0.339. The number of hydrogen-bond acceptors (Lipinski definition) is 2. The van der Waals surface area contributed by atoms with E-state index in [-0.39, 0.29) is 0 Å². The maximum absolute atomic E-state index is 13.3. The number of aryl methyl sites for hydroxylation is 1. The van der Waals surface area contributed by atoms with Crippen molar-refractivity contribution in [3.05, 3.63) is 35.5 Å². The summed E-state index contributed by atoms with van der Waals surface area (Å²) in [7, 11) is 1.80. The van der Waals surface area contributed by atoms with Crippen molar-refractivity contribution in [3.8, 4) is 0 Å². The van der Waals surface area contributed by atoms with Gasteiger partial charge in [0, 0.05) is 56.9 Å². The molecule has 0 unspecified atom stereocenters. The molecule has 0 aliphatic carbocycles. The average molecular weight is 297 g/mol. The Morgan fingerprint density at radius 2 is 1.90 bits per heavy atom. The molecule has 0 bridgehead atoms. The summed E-state index contributed by atoms with van der Waals surface area (Å²) in [6.45, 7) is 4.06. The van der Waals surface area contributed by atoms with Crippen LogP contribution in [-0.2, 0) is 19.8 Å². The lowest BCUT2D eigenvalue weighted by molar-refractivity contribution is -0.136. The smallest absolute Gasteiger partial charge is 0.350 e. The van der Waals surface area contributed by atoms with E-state index >= 15 is 0 Å². The number of fused-ring (bicyclic) bond motifs is 1. The molecule has 0 atom stereocenters. The standard InChI is InChI=1S/C15H18F3N3/c1-20-9-11(10-21-7-5-19-6-8-21)14-12(15(16,17)18)3-2-4-13(14)20/h2-4,9,19H,5-8,10H2,1H3. The molecule has 0 saturated carbocycles. The molecular weight excluding hydrogens is 279 g/mol. The minimum Gasteiger partial charge on any atom is -0.350 e. The second kappa shape index (κ2) is 5.35. The van der Waals surface area contributed by atoms with Crippen LogP contribution >= 0.6 is 0 Å². The first-order valence-electron chi connectivity index (χ1n) is 7.04. The highest BCUT2D eigenvalue weighted by molar-refractivity contribution is 5.87. The minimum atomic E-state index is -4.32. The van der Waals surface area contributed by atoms with E-state index in [0.29, 0.717) is 17.4 Å². The van der Waals surface area contributed by atoms with Gasteiger partial charge in [0.05, 0.1) is 5.56 Å². The second-order valence-corrected chi connectivity index (χ2v) is 5.49. The van der Waals surface area contributed by atoms with Crippen LogP contribution in [0.5, 0.6) is 0 Å². The van der Waals surface area contributed by atoms with Gasteiger partial charge in [0.1, 0.15) is 0 Å². The second-order valence-electron chi connectivity index (χ2n) is 5.49. The van der Waals surface area contributed by atoms with E-state index in [1.807, 2.05) is 6.20 Å². The largest absolute Gasteiger partial charge is 0.417 e. The van der Waals surface area contributed by atoms with Crippen molar-refractivity contribution >= 4 is 10.9 Å². The van der Waals surface area contributed by atoms with E-state index in [0.717, 1.165) is 31.7 Å². The predicted octanol–water partition coefficient (Wildman–Crippen LogP) is 2.60. The molecular formula is C15H18F3N3. The highest BCUT2D eigenvalue weighted by atomic mass is 19.4. The zero-order valence-electron chi connectivity index (χ0n) is 11.9. The number of aromatic nitrogens is 1. The topological polar surface area (TPSA) is 20.2 Å². The van der Waals surface area contributed by atoms with Gasteiger partial charge < -0.3 is 9.88 Å². The quantitative estimate of drug-likeness (QED) is 0.919. The van der Waals surface area contributed by atoms with Crippen molar-refractivity contribution < 1.29 is 13.2 Å². The normalized spacial score (nSPS) is 17.5. The Hall–Kier alpha value is -1.53. The van der Waals surface area contributed by atoms with Crippen molar-refractivity contribution in [3.63, 3.8) is 0 Å². The van der Waals surface area contributed by atoms with Crippen molar-refractivity contribution in [2.45, 2.75) is 12.7 Å². The Morgan fingerprint density at radius 3 is 2.57 bits per heavy atom. The molecule has 2 aromatic rings. The van der Waals surface area contributed by atoms with E-state index in [2.05, 4.69) is 10.2 Å². The van der Waals surface area contributed by atoms with Crippen LogP contribution in [0.4, 0.5) is 13.2 Å². The molecule has 6 heteroatoms. The lowest BCUT2D eigenvalue weighted by atomic mass is 10.1. The molecule has 3 rings (SSSR count). The van der Waals surface area contributed by atoms with Crippen molar-refractivity contribution in [1.29, 1.82) is 0 Å². The van der Waals surface area contributed by atoms with Crippen molar-refractivity contribution in [2.24, 2.45) is 7.05 Å². The fraction of sp³-hybridized carbons (Fsp3) is 0.467. The van der Waals surface area contributed by atoms with Gasteiger partial charge in [-0.05, 0) is 17.7 Å². The van der Waals surface area contributed by atoms with Gasteiger partial charge in [-0.1, -0.05) is 6.07 Å². The lowest BCUT2D eigenvalue weighted by Gasteiger charge is -2.27. The molecule has 114 valence electrons. The molecule has 1 aliphatic rings. The number of nitrogens with zero attached hydrogens (tertiary/aromatic N) is 2. The van der Waals surface area contributed by atoms with E-state index in [9.17, 15) is 13.2 Å². The molecule has 1 aromatic carbocycles. The Labute approximate surface area is 121 Å². The third-order valence-electron chi connectivity index (χ3n) is 4.00. The van der Waals surface area contributed by atoms with Crippen LogP contribution in [0.25, 0.3) is 10.9 Å². The number of rotatable bonds is 2. The van der Waals surface area contributed by atoms with Gasteiger partial charge >= 0.3 is 6.18 Å². The fourth-order valence-electron chi connectivity index (χ4n) is 3.01. The van der Waals surface area contributed by atoms with Gasteiger partial charge in [0.2, 0.25) is 0 Å². The molecule has 0 amide bonds. The highest BCUT2D eigenvalue weighted by Gasteiger charge is 2.34. The van der Waals surface area contributed by atoms with E-state index < -0.39 is 11.7 Å². The predicted molar refractivity (Wildman–Crippen MR) is 76.1 cm³/mol. The van der Waals surface area contributed by atoms with E-state index in [1.165, 1.54) is 12.1 Å². The van der Waals surface area contributed by atoms with Crippen molar-refractivity contribution in [2.75, 3.05) is 26.2 Å². The van der Waals surface area contributed by atoms with Crippen LogP contribution < -0.4 is 5.32 Å². The summed E-state index contributed by atoms with van der Waals surface area (Å²) >= 11 is 0. The molecule has 1 saturated heterocycles. The van der Waals surface area contributed by atoms with Crippen LogP contribution in [0.1, 0.15) is 11.1 Å². The highest BCUT2D eigenvalue weighted by Crippen LogP contribution is 2.37. The maximum atomic E-state index is 13.3. The van der Waals surface area contributed by atoms with Crippen LogP contribution in [0.2, 0.25) is 0 Å². The molecule has 1 aromatic heterocycles. The van der Waals surface area contributed by atoms with E-state index in [4.69, 9.17) is 0 Å². The number of halogens is 3. The molecule has 2 heterocycles. The Morgan fingerprint density at radius 1 is 1.19 bits per heavy atom. The van der Waals surface area contributed by atoms with Gasteiger partial charge in [-0.15, -0.1) is 0 Å². The van der Waals surface area contributed by atoms with Crippen LogP contribution in [0, 0.1) is 0 Å². The number of nitrogens with one attached hydrogen (secondary N) is 1. The van der Waals surface area contributed by atoms with Crippen LogP contribution in [0.3, 0.4) is 0 Å². The summed E-state index contributed by atoms with van der Waals surface area (Å²) in [6, 6.07) is 4.38. The molecule has 1 aliphatic heterocycles. The molecule has 1 fully saturated rings. The first kappa shape index (κ1) is 14.4. The Kier molecular flexibility index (Phi) is 3.67. The molecule has 3 nitrogen and oxygen atoms in total. The van der Waals surface area contributed by atoms with E-state index in [1.54, 1.807) is 17.7 Å². The summed E-state index contributed by atoms with van der Waals surface area (Å²) in [5, 5.41) is 3.59. The van der Waals surface area contributed by atoms with Gasteiger partial charge in [-0.25, -0.2) is 0 Å². The van der Waals surface area contributed by atoms with Gasteiger partial charge in [0.15, 0.2) is 0 Å². The number of benzene rings is 1. The maximum Gasteiger partial charge on any atom is 0.417 e. The number of hydrogen-bond donors (Lipinski definition) is 1. The van der Waals surface area contributed by atoms with Crippen LogP contribution in [0.15, 0.2) is 24.4 Å². The zero-order valence-corrected chi connectivity index (χ0v) is 11.9. The monoisotopic (exact) mass is 297 g/mol. The summed E-state index contributed by atoms with van der Waals surface area (Å²) in [4.78, 5) is 2.19. The molecule has 21 heavy (non-hydrogen) atoms. The number of piperazine rings is 1.